The SMILES string of the molecule is C=CC1CCC(C2CCC(c3ccc(-c4ccc(-c5ccc(CC/C=C/C)c(F)c5F)cc4)cc3F)CC2)CC1. The lowest BCUT2D eigenvalue weighted by Gasteiger charge is -2.37. The lowest BCUT2D eigenvalue weighted by molar-refractivity contribution is 0.171. The van der Waals surface area contributed by atoms with E-state index in [4.69, 9.17) is 0 Å². The predicted molar refractivity (Wildman–Crippen MR) is 161 cm³/mol. The van der Waals surface area contributed by atoms with Crippen molar-refractivity contribution >= 4 is 0 Å². The monoisotopic (exact) mass is 542 g/mol. The van der Waals surface area contributed by atoms with Crippen LogP contribution >= 0.6 is 0 Å². The lowest BCUT2D eigenvalue weighted by Crippen LogP contribution is -2.25. The van der Waals surface area contributed by atoms with Crippen LogP contribution in [0.25, 0.3) is 22.3 Å². The summed E-state index contributed by atoms with van der Waals surface area (Å²) < 4.78 is 44.9. The number of rotatable bonds is 8. The molecule has 3 aromatic carbocycles. The first-order valence-corrected chi connectivity index (χ1v) is 15.1. The first-order chi connectivity index (χ1) is 19.5. The Bertz CT molecular complexity index is 1320. The van der Waals surface area contributed by atoms with Crippen LogP contribution in [0.1, 0.15) is 81.8 Å². The Hall–Kier alpha value is -3.07. The highest BCUT2D eigenvalue weighted by Crippen LogP contribution is 2.44. The van der Waals surface area contributed by atoms with E-state index in [0.29, 0.717) is 29.9 Å². The minimum atomic E-state index is -0.819. The van der Waals surface area contributed by atoms with E-state index in [1.807, 2.05) is 43.3 Å². The maximum absolute atomic E-state index is 15.3. The van der Waals surface area contributed by atoms with E-state index in [0.717, 1.165) is 41.4 Å². The summed E-state index contributed by atoms with van der Waals surface area (Å²) in [5.41, 5.74) is 3.72. The molecule has 0 bridgehead atoms. The topological polar surface area (TPSA) is 0 Å². The highest BCUT2D eigenvalue weighted by atomic mass is 19.2. The third-order valence-electron chi connectivity index (χ3n) is 9.54. The summed E-state index contributed by atoms with van der Waals surface area (Å²) >= 11 is 0. The summed E-state index contributed by atoms with van der Waals surface area (Å²) in [4.78, 5) is 0. The zero-order valence-electron chi connectivity index (χ0n) is 23.6. The predicted octanol–water partition coefficient (Wildman–Crippen LogP) is 11.2. The van der Waals surface area contributed by atoms with E-state index < -0.39 is 11.6 Å². The van der Waals surface area contributed by atoms with Gasteiger partial charge in [0, 0.05) is 5.56 Å². The van der Waals surface area contributed by atoms with Gasteiger partial charge >= 0.3 is 0 Å². The average molecular weight is 543 g/mol. The second-order valence-electron chi connectivity index (χ2n) is 11.8. The van der Waals surface area contributed by atoms with Crippen LogP contribution < -0.4 is 0 Å². The number of allylic oxidation sites excluding steroid dienone is 3. The summed E-state index contributed by atoms with van der Waals surface area (Å²) in [6.45, 7) is 5.88. The summed E-state index contributed by atoms with van der Waals surface area (Å²) in [5, 5.41) is 0. The van der Waals surface area contributed by atoms with E-state index >= 15 is 4.39 Å². The highest BCUT2D eigenvalue weighted by molar-refractivity contribution is 5.71. The second kappa shape index (κ2) is 13.1. The molecule has 210 valence electrons. The van der Waals surface area contributed by atoms with Crippen molar-refractivity contribution in [2.24, 2.45) is 17.8 Å². The molecule has 0 saturated heterocycles. The van der Waals surface area contributed by atoms with E-state index in [9.17, 15) is 8.78 Å². The van der Waals surface area contributed by atoms with Crippen LogP contribution in [0.15, 0.2) is 79.4 Å². The molecular weight excluding hydrogens is 501 g/mol. The van der Waals surface area contributed by atoms with Crippen LogP contribution in [0.2, 0.25) is 0 Å². The van der Waals surface area contributed by atoms with Crippen molar-refractivity contribution in [1.82, 2.24) is 0 Å². The molecule has 0 heterocycles. The van der Waals surface area contributed by atoms with E-state index in [1.54, 1.807) is 30.3 Å². The van der Waals surface area contributed by atoms with E-state index in [-0.39, 0.29) is 17.3 Å². The quantitative estimate of drug-likeness (QED) is 0.248. The van der Waals surface area contributed by atoms with Crippen molar-refractivity contribution in [2.75, 3.05) is 0 Å². The van der Waals surface area contributed by atoms with Gasteiger partial charge in [0.25, 0.3) is 0 Å². The smallest absolute Gasteiger partial charge is 0.166 e. The third kappa shape index (κ3) is 6.29. The van der Waals surface area contributed by atoms with Gasteiger partial charge in [0.2, 0.25) is 0 Å². The number of halogens is 3. The molecule has 0 radical (unpaired) electrons. The molecule has 0 N–H and O–H groups in total. The maximum atomic E-state index is 15.3. The summed E-state index contributed by atoms with van der Waals surface area (Å²) in [6.07, 6.45) is 16.8. The lowest BCUT2D eigenvalue weighted by atomic mass is 9.68. The van der Waals surface area contributed by atoms with Crippen molar-refractivity contribution in [3.8, 4) is 22.3 Å². The molecule has 3 aromatic rings. The zero-order valence-corrected chi connectivity index (χ0v) is 23.6. The molecule has 2 fully saturated rings. The first kappa shape index (κ1) is 28.5. The third-order valence-corrected chi connectivity index (χ3v) is 9.54. The van der Waals surface area contributed by atoms with Gasteiger partial charge in [-0.1, -0.05) is 66.8 Å². The first-order valence-electron chi connectivity index (χ1n) is 15.1. The number of aryl methyl sites for hydroxylation is 1. The van der Waals surface area contributed by atoms with Gasteiger partial charge in [0.05, 0.1) is 0 Å². The normalized spacial score (nSPS) is 23.4. The molecule has 0 atom stereocenters. The van der Waals surface area contributed by atoms with Gasteiger partial charge in [-0.05, 0) is 129 Å². The summed E-state index contributed by atoms with van der Waals surface area (Å²) in [5.74, 6) is 0.867. The molecule has 40 heavy (non-hydrogen) atoms. The second-order valence-corrected chi connectivity index (χ2v) is 11.8. The molecular formula is C37H41F3. The Kier molecular flexibility index (Phi) is 9.29. The fourth-order valence-electron chi connectivity index (χ4n) is 7.04. The van der Waals surface area contributed by atoms with Crippen LogP contribution in [0.3, 0.4) is 0 Å². The Labute approximate surface area is 238 Å². The van der Waals surface area contributed by atoms with Gasteiger partial charge in [-0.25, -0.2) is 13.2 Å². The number of hydrogen-bond donors (Lipinski definition) is 0. The Balaban J connectivity index is 1.23. The van der Waals surface area contributed by atoms with Gasteiger partial charge in [-0.3, -0.25) is 0 Å². The Morgan fingerprint density at radius 2 is 1.35 bits per heavy atom. The van der Waals surface area contributed by atoms with Gasteiger partial charge in [-0.2, -0.15) is 0 Å². The molecule has 0 unspecified atom stereocenters. The fraction of sp³-hybridized carbons (Fsp3) is 0.405. The molecule has 0 aromatic heterocycles. The Morgan fingerprint density at radius 1 is 0.725 bits per heavy atom. The van der Waals surface area contributed by atoms with Crippen LogP contribution in [-0.2, 0) is 6.42 Å². The minimum Gasteiger partial charge on any atom is -0.207 e. The summed E-state index contributed by atoms with van der Waals surface area (Å²) in [6, 6.07) is 16.2. The van der Waals surface area contributed by atoms with Crippen molar-refractivity contribution in [3.63, 3.8) is 0 Å². The summed E-state index contributed by atoms with van der Waals surface area (Å²) in [7, 11) is 0. The highest BCUT2D eigenvalue weighted by Gasteiger charge is 2.31. The van der Waals surface area contributed by atoms with Gasteiger partial charge < -0.3 is 0 Å². The van der Waals surface area contributed by atoms with Crippen LogP contribution in [0, 0.1) is 35.2 Å². The standard InChI is InChI=1S/C37H41F3/c1-3-5-6-7-31-20-23-34(37(40)36(31)39)30-18-14-28(15-19-30)32-21-22-33(35(38)24-32)29-16-12-27(13-17-29)26-10-8-25(4-2)9-11-26/h3-5,14-15,18-27,29H,2,6-13,16-17H2,1H3/b5-3+. The Morgan fingerprint density at radius 3 is 1.98 bits per heavy atom. The molecule has 0 aliphatic heterocycles. The van der Waals surface area contributed by atoms with Gasteiger partial charge in [0.1, 0.15) is 5.82 Å². The van der Waals surface area contributed by atoms with E-state index in [1.165, 1.54) is 38.5 Å². The van der Waals surface area contributed by atoms with Crippen molar-refractivity contribution in [1.29, 1.82) is 0 Å². The molecule has 0 amide bonds. The number of benzene rings is 3. The number of hydrogen-bond acceptors (Lipinski definition) is 0. The molecule has 0 nitrogen and oxygen atoms in total. The minimum absolute atomic E-state index is 0.141. The maximum Gasteiger partial charge on any atom is 0.166 e. The molecule has 0 spiro atoms. The molecule has 5 rings (SSSR count). The van der Waals surface area contributed by atoms with Gasteiger partial charge in [0.15, 0.2) is 11.6 Å². The van der Waals surface area contributed by atoms with Crippen LogP contribution in [-0.4, -0.2) is 0 Å². The average Bonchev–Trinajstić information content (AvgIpc) is 3.00. The molecule has 2 aliphatic rings. The molecule has 2 saturated carbocycles. The largest absolute Gasteiger partial charge is 0.207 e. The van der Waals surface area contributed by atoms with E-state index in [2.05, 4.69) is 12.7 Å². The molecule has 2 aliphatic carbocycles. The van der Waals surface area contributed by atoms with Crippen molar-refractivity contribution < 1.29 is 13.2 Å². The van der Waals surface area contributed by atoms with Crippen LogP contribution in [0.5, 0.6) is 0 Å². The van der Waals surface area contributed by atoms with Crippen LogP contribution in [0.4, 0.5) is 13.2 Å². The molecule has 3 heteroatoms. The van der Waals surface area contributed by atoms with Crippen molar-refractivity contribution in [3.05, 3.63) is 108 Å². The fourth-order valence-corrected chi connectivity index (χ4v) is 7.04. The zero-order chi connectivity index (χ0) is 28.1. The van der Waals surface area contributed by atoms with Crippen molar-refractivity contribution in [2.45, 2.75) is 77.0 Å². The van der Waals surface area contributed by atoms with Gasteiger partial charge in [-0.15, -0.1) is 6.58 Å².